The third-order valence-electron chi connectivity index (χ3n) is 4.24. The molecule has 88 valence electrons. The fourth-order valence-corrected chi connectivity index (χ4v) is 3.48. The van der Waals surface area contributed by atoms with Crippen LogP contribution in [-0.4, -0.2) is 26.8 Å². The summed E-state index contributed by atoms with van der Waals surface area (Å²) in [6.07, 6.45) is 8.46. The van der Waals surface area contributed by atoms with Gasteiger partial charge in [-0.3, -0.25) is 0 Å². The van der Waals surface area contributed by atoms with Crippen LogP contribution in [0.25, 0.3) is 0 Å². The molecular weight excluding hydrogens is 186 g/mol. The molecule has 2 heteroatoms. The van der Waals surface area contributed by atoms with Crippen molar-refractivity contribution in [3.8, 4) is 0 Å². The first-order valence-electron chi connectivity index (χ1n) is 6.64. The largest absolute Gasteiger partial charge is 0.381 e. The number of nitrogens with one attached hydrogen (secondary N) is 1. The Morgan fingerprint density at radius 3 is 2.73 bits per heavy atom. The molecule has 0 aromatic rings. The standard InChI is InChI=1S/C13H25NO/c1-14-9-11-5-2-3-7-13(11)12-6-4-8-15-10-12/h11-14H,2-10H2,1H3. The van der Waals surface area contributed by atoms with Gasteiger partial charge in [0, 0.05) is 13.2 Å². The van der Waals surface area contributed by atoms with Crippen molar-refractivity contribution in [2.45, 2.75) is 38.5 Å². The second-order valence-corrected chi connectivity index (χ2v) is 5.24. The topological polar surface area (TPSA) is 21.3 Å². The van der Waals surface area contributed by atoms with Crippen molar-refractivity contribution >= 4 is 0 Å². The van der Waals surface area contributed by atoms with E-state index in [1.165, 1.54) is 45.1 Å². The van der Waals surface area contributed by atoms with Crippen LogP contribution in [0.4, 0.5) is 0 Å². The maximum absolute atomic E-state index is 5.64. The Morgan fingerprint density at radius 1 is 1.13 bits per heavy atom. The van der Waals surface area contributed by atoms with Gasteiger partial charge < -0.3 is 10.1 Å². The van der Waals surface area contributed by atoms with Crippen molar-refractivity contribution < 1.29 is 4.74 Å². The van der Waals surface area contributed by atoms with Crippen molar-refractivity contribution in [3.05, 3.63) is 0 Å². The zero-order chi connectivity index (χ0) is 10.5. The number of rotatable bonds is 3. The Labute approximate surface area is 93.8 Å². The van der Waals surface area contributed by atoms with Crippen LogP contribution in [0.5, 0.6) is 0 Å². The average molecular weight is 211 g/mol. The van der Waals surface area contributed by atoms with Gasteiger partial charge in [-0.15, -0.1) is 0 Å². The highest BCUT2D eigenvalue weighted by molar-refractivity contribution is 4.83. The van der Waals surface area contributed by atoms with E-state index in [1.54, 1.807) is 0 Å². The summed E-state index contributed by atoms with van der Waals surface area (Å²) in [5.74, 6) is 2.71. The molecule has 0 amide bonds. The molecule has 1 saturated heterocycles. The van der Waals surface area contributed by atoms with E-state index in [0.29, 0.717) is 0 Å². The second-order valence-electron chi connectivity index (χ2n) is 5.24. The third-order valence-corrected chi connectivity index (χ3v) is 4.24. The van der Waals surface area contributed by atoms with Crippen LogP contribution in [-0.2, 0) is 4.74 Å². The molecule has 1 N–H and O–H groups in total. The SMILES string of the molecule is CNCC1CCCCC1C1CCCOC1. The molecule has 3 unspecified atom stereocenters. The fraction of sp³-hybridized carbons (Fsp3) is 1.00. The van der Waals surface area contributed by atoms with Crippen LogP contribution in [0.1, 0.15) is 38.5 Å². The van der Waals surface area contributed by atoms with E-state index in [1.807, 2.05) is 0 Å². The lowest BCUT2D eigenvalue weighted by Crippen LogP contribution is -2.36. The summed E-state index contributed by atoms with van der Waals surface area (Å²) < 4.78 is 5.64. The molecular formula is C13H25NO. The van der Waals surface area contributed by atoms with Gasteiger partial charge in [-0.25, -0.2) is 0 Å². The van der Waals surface area contributed by atoms with Crippen LogP contribution < -0.4 is 5.32 Å². The number of ether oxygens (including phenoxy) is 1. The Morgan fingerprint density at radius 2 is 2.00 bits per heavy atom. The van der Waals surface area contributed by atoms with Gasteiger partial charge in [-0.1, -0.05) is 12.8 Å². The molecule has 0 aromatic heterocycles. The molecule has 0 bridgehead atoms. The molecule has 1 saturated carbocycles. The van der Waals surface area contributed by atoms with Crippen molar-refractivity contribution in [1.82, 2.24) is 5.32 Å². The van der Waals surface area contributed by atoms with Crippen LogP contribution >= 0.6 is 0 Å². The van der Waals surface area contributed by atoms with Crippen molar-refractivity contribution in [1.29, 1.82) is 0 Å². The van der Waals surface area contributed by atoms with E-state index in [4.69, 9.17) is 4.74 Å². The highest BCUT2D eigenvalue weighted by Gasteiger charge is 2.32. The maximum atomic E-state index is 5.64. The Kier molecular flexibility index (Phi) is 4.45. The van der Waals surface area contributed by atoms with E-state index in [2.05, 4.69) is 12.4 Å². The van der Waals surface area contributed by atoms with Crippen LogP contribution in [0, 0.1) is 17.8 Å². The van der Waals surface area contributed by atoms with E-state index in [-0.39, 0.29) is 0 Å². The van der Waals surface area contributed by atoms with Gasteiger partial charge >= 0.3 is 0 Å². The van der Waals surface area contributed by atoms with Crippen LogP contribution in [0.3, 0.4) is 0 Å². The number of hydrogen-bond donors (Lipinski definition) is 1. The highest BCUT2D eigenvalue weighted by atomic mass is 16.5. The second kappa shape index (κ2) is 5.86. The molecule has 2 fully saturated rings. The molecule has 1 aliphatic heterocycles. The fourth-order valence-electron chi connectivity index (χ4n) is 3.48. The lowest BCUT2D eigenvalue weighted by Gasteiger charge is -2.38. The Hall–Kier alpha value is -0.0800. The first-order valence-corrected chi connectivity index (χ1v) is 6.64. The molecule has 2 aliphatic rings. The summed E-state index contributed by atoms with van der Waals surface area (Å²) in [6, 6.07) is 0. The predicted molar refractivity (Wildman–Crippen MR) is 62.9 cm³/mol. The Bertz CT molecular complexity index is 165. The van der Waals surface area contributed by atoms with Crippen molar-refractivity contribution in [3.63, 3.8) is 0 Å². The summed E-state index contributed by atoms with van der Waals surface area (Å²) in [7, 11) is 2.09. The summed E-state index contributed by atoms with van der Waals surface area (Å²) in [5.41, 5.74) is 0. The molecule has 2 nitrogen and oxygen atoms in total. The lowest BCUT2D eigenvalue weighted by molar-refractivity contribution is 0.00602. The molecule has 3 atom stereocenters. The molecule has 0 spiro atoms. The Balaban J connectivity index is 1.90. The van der Waals surface area contributed by atoms with Gasteiger partial charge in [0.2, 0.25) is 0 Å². The molecule has 1 aliphatic carbocycles. The van der Waals surface area contributed by atoms with E-state index >= 15 is 0 Å². The molecule has 0 radical (unpaired) electrons. The zero-order valence-electron chi connectivity index (χ0n) is 10.0. The minimum Gasteiger partial charge on any atom is -0.381 e. The van der Waals surface area contributed by atoms with E-state index < -0.39 is 0 Å². The summed E-state index contributed by atoms with van der Waals surface area (Å²) in [6.45, 7) is 3.24. The summed E-state index contributed by atoms with van der Waals surface area (Å²) >= 11 is 0. The van der Waals surface area contributed by atoms with Gasteiger partial charge in [0.15, 0.2) is 0 Å². The van der Waals surface area contributed by atoms with Gasteiger partial charge in [0.05, 0.1) is 0 Å². The summed E-state index contributed by atoms with van der Waals surface area (Å²) in [5, 5.41) is 3.37. The molecule has 15 heavy (non-hydrogen) atoms. The van der Waals surface area contributed by atoms with Gasteiger partial charge in [0.25, 0.3) is 0 Å². The van der Waals surface area contributed by atoms with E-state index in [0.717, 1.165) is 31.0 Å². The zero-order valence-corrected chi connectivity index (χ0v) is 10.0. The van der Waals surface area contributed by atoms with Crippen molar-refractivity contribution in [2.24, 2.45) is 17.8 Å². The summed E-state index contributed by atoms with van der Waals surface area (Å²) in [4.78, 5) is 0. The minimum absolute atomic E-state index is 0.859. The normalized spacial score (nSPS) is 37.8. The van der Waals surface area contributed by atoms with Gasteiger partial charge in [0.1, 0.15) is 0 Å². The predicted octanol–water partition coefficient (Wildman–Crippen LogP) is 2.44. The maximum Gasteiger partial charge on any atom is 0.0497 e. The first kappa shape index (κ1) is 11.4. The van der Waals surface area contributed by atoms with Gasteiger partial charge in [-0.05, 0) is 57.0 Å². The first-order chi connectivity index (χ1) is 7.42. The van der Waals surface area contributed by atoms with Crippen LogP contribution in [0.2, 0.25) is 0 Å². The highest BCUT2D eigenvalue weighted by Crippen LogP contribution is 2.38. The molecule has 1 heterocycles. The molecule has 2 rings (SSSR count). The molecule has 0 aromatic carbocycles. The lowest BCUT2D eigenvalue weighted by atomic mass is 9.71. The number of hydrogen-bond acceptors (Lipinski definition) is 2. The van der Waals surface area contributed by atoms with Crippen LogP contribution in [0.15, 0.2) is 0 Å². The monoisotopic (exact) mass is 211 g/mol. The van der Waals surface area contributed by atoms with E-state index in [9.17, 15) is 0 Å². The van der Waals surface area contributed by atoms with Gasteiger partial charge in [-0.2, -0.15) is 0 Å². The quantitative estimate of drug-likeness (QED) is 0.774. The smallest absolute Gasteiger partial charge is 0.0497 e. The van der Waals surface area contributed by atoms with Crippen molar-refractivity contribution in [2.75, 3.05) is 26.8 Å². The minimum atomic E-state index is 0.859. The average Bonchev–Trinajstić information content (AvgIpc) is 2.31. The third kappa shape index (κ3) is 2.94.